The van der Waals surface area contributed by atoms with E-state index >= 15 is 0 Å². The van der Waals surface area contributed by atoms with Crippen LogP contribution in [0.2, 0.25) is 0 Å². The van der Waals surface area contributed by atoms with E-state index in [1.807, 2.05) is 28.5 Å². The van der Waals surface area contributed by atoms with Gasteiger partial charge < -0.3 is 10.2 Å². The Labute approximate surface area is 164 Å². The van der Waals surface area contributed by atoms with Gasteiger partial charge in [-0.25, -0.2) is 4.98 Å². The number of nitrogens with one attached hydrogen (secondary N) is 1. The topological polar surface area (TPSA) is 45.2 Å². The summed E-state index contributed by atoms with van der Waals surface area (Å²) in [6, 6.07) is 10.3. The Morgan fingerprint density at radius 2 is 1.84 bits per heavy atom. The minimum Gasteiger partial charge on any atom is -0.342 e. The molecule has 2 aromatic rings. The van der Waals surface area contributed by atoms with Gasteiger partial charge in [0.25, 0.3) is 0 Å². The van der Waals surface area contributed by atoms with Crippen LogP contribution in [0.1, 0.15) is 16.3 Å². The van der Waals surface area contributed by atoms with Gasteiger partial charge in [-0.3, -0.25) is 4.79 Å². The fourth-order valence-electron chi connectivity index (χ4n) is 3.61. The molecule has 0 spiro atoms. The van der Waals surface area contributed by atoms with E-state index in [1.54, 1.807) is 11.3 Å². The fraction of sp³-hybridized carbons (Fsp3) is 0.444. The van der Waals surface area contributed by atoms with Crippen LogP contribution in [0.4, 0.5) is 0 Å². The smallest absolute Gasteiger partial charge is 0.228 e. The third-order valence-electron chi connectivity index (χ3n) is 4.87. The highest BCUT2D eigenvalue weighted by molar-refractivity contribution is 7.09. The third kappa shape index (κ3) is 4.73. The first kappa shape index (κ1) is 20.2. The van der Waals surface area contributed by atoms with Crippen molar-refractivity contribution in [3.63, 3.8) is 0 Å². The molecule has 2 fully saturated rings. The first-order chi connectivity index (χ1) is 11.3. The molecule has 4 nitrogen and oxygen atoms in total. The molecule has 2 aliphatic rings. The lowest BCUT2D eigenvalue weighted by molar-refractivity contribution is -0.129. The Balaban J connectivity index is 0.00000113. The normalized spacial score (nSPS) is 21.4. The number of hydrogen-bond donors (Lipinski definition) is 1. The maximum atomic E-state index is 12.5. The number of carbonyl (C=O) groups excluding carboxylic acids is 1. The number of benzene rings is 1. The van der Waals surface area contributed by atoms with Crippen molar-refractivity contribution in [3.05, 3.63) is 52.0 Å². The number of thiazole rings is 1. The molecule has 136 valence electrons. The molecular weight excluding hydrogens is 377 g/mol. The summed E-state index contributed by atoms with van der Waals surface area (Å²) in [5, 5.41) is 6.53. The summed E-state index contributed by atoms with van der Waals surface area (Å²) in [6.07, 6.45) is 1.29. The molecule has 2 atom stereocenters. The number of amides is 1. The van der Waals surface area contributed by atoms with Crippen molar-refractivity contribution in [1.82, 2.24) is 15.2 Å². The van der Waals surface area contributed by atoms with Gasteiger partial charge in [-0.05, 0) is 17.4 Å². The molecular formula is C18H23Cl2N3OS. The van der Waals surface area contributed by atoms with Crippen LogP contribution in [0.25, 0.3) is 0 Å². The molecule has 7 heteroatoms. The molecule has 0 saturated carbocycles. The lowest BCUT2D eigenvalue weighted by atomic mass is 10.0. The van der Waals surface area contributed by atoms with Gasteiger partial charge in [0, 0.05) is 38.0 Å². The van der Waals surface area contributed by atoms with E-state index in [1.165, 1.54) is 5.56 Å². The van der Waals surface area contributed by atoms with Crippen molar-refractivity contribution < 1.29 is 4.79 Å². The summed E-state index contributed by atoms with van der Waals surface area (Å²) in [5.41, 5.74) is 2.18. The van der Waals surface area contributed by atoms with Crippen molar-refractivity contribution in [2.45, 2.75) is 12.8 Å². The van der Waals surface area contributed by atoms with Crippen LogP contribution in [0.3, 0.4) is 0 Å². The molecule has 0 unspecified atom stereocenters. The van der Waals surface area contributed by atoms with Gasteiger partial charge in [0.05, 0.1) is 17.1 Å². The van der Waals surface area contributed by atoms with E-state index in [4.69, 9.17) is 0 Å². The van der Waals surface area contributed by atoms with Crippen LogP contribution >= 0.6 is 36.2 Å². The van der Waals surface area contributed by atoms with Gasteiger partial charge in [0.15, 0.2) is 0 Å². The zero-order valence-corrected chi connectivity index (χ0v) is 16.3. The Morgan fingerprint density at radius 1 is 1.16 bits per heavy atom. The molecule has 1 N–H and O–H groups in total. The van der Waals surface area contributed by atoms with Gasteiger partial charge in [-0.15, -0.1) is 36.2 Å². The first-order valence-electron chi connectivity index (χ1n) is 8.23. The summed E-state index contributed by atoms with van der Waals surface area (Å²) in [6.45, 7) is 3.95. The quantitative estimate of drug-likeness (QED) is 0.859. The SMILES string of the molecule is Cl.Cl.O=C(Cc1csc(Cc2ccccc2)n1)N1C[C@H]2CNC[C@H]2C1. The van der Waals surface area contributed by atoms with Crippen molar-refractivity contribution in [2.24, 2.45) is 11.8 Å². The second kappa shape index (κ2) is 8.99. The molecule has 0 aliphatic carbocycles. The van der Waals surface area contributed by atoms with E-state index in [0.717, 1.165) is 43.3 Å². The minimum atomic E-state index is 0. The van der Waals surface area contributed by atoms with Crippen LogP contribution in [0.5, 0.6) is 0 Å². The number of likely N-dealkylation sites (tertiary alicyclic amines) is 1. The van der Waals surface area contributed by atoms with Gasteiger partial charge in [-0.1, -0.05) is 30.3 Å². The highest BCUT2D eigenvalue weighted by atomic mass is 35.5. The molecule has 2 saturated heterocycles. The molecule has 2 aliphatic heterocycles. The standard InChI is InChI=1S/C18H21N3OS.2ClH/c22-18(21-10-14-8-19-9-15(14)11-21)7-16-12-23-17(20-16)6-13-4-2-1-3-5-13;;/h1-5,12,14-15,19H,6-11H2;2*1H/t14-,15+;;. The molecule has 1 aromatic heterocycles. The Bertz CT molecular complexity index is 683. The molecule has 1 amide bonds. The summed E-state index contributed by atoms with van der Waals surface area (Å²) in [5.74, 6) is 1.54. The monoisotopic (exact) mass is 399 g/mol. The Hall–Kier alpha value is -1.14. The second-order valence-electron chi connectivity index (χ2n) is 6.55. The number of fused-ring (bicyclic) bond motifs is 1. The maximum Gasteiger partial charge on any atom is 0.228 e. The maximum absolute atomic E-state index is 12.5. The lowest BCUT2D eigenvalue weighted by Crippen LogP contribution is -2.33. The zero-order chi connectivity index (χ0) is 15.6. The number of carbonyl (C=O) groups is 1. The van der Waals surface area contributed by atoms with Crippen molar-refractivity contribution in [1.29, 1.82) is 0 Å². The molecule has 0 bridgehead atoms. The first-order valence-corrected chi connectivity index (χ1v) is 9.11. The van der Waals surface area contributed by atoms with E-state index < -0.39 is 0 Å². The minimum absolute atomic E-state index is 0. The second-order valence-corrected chi connectivity index (χ2v) is 7.49. The predicted octanol–water partition coefficient (Wildman–Crippen LogP) is 2.80. The fourth-order valence-corrected chi connectivity index (χ4v) is 4.44. The van der Waals surface area contributed by atoms with Crippen LogP contribution < -0.4 is 5.32 Å². The van der Waals surface area contributed by atoms with E-state index in [2.05, 4.69) is 22.4 Å². The molecule has 3 heterocycles. The van der Waals surface area contributed by atoms with Crippen LogP contribution in [-0.2, 0) is 17.6 Å². The predicted molar refractivity (Wildman–Crippen MR) is 106 cm³/mol. The number of rotatable bonds is 4. The average Bonchev–Trinajstić information content (AvgIpc) is 3.24. The van der Waals surface area contributed by atoms with Gasteiger partial charge in [0.1, 0.15) is 0 Å². The van der Waals surface area contributed by atoms with Crippen molar-refractivity contribution in [2.75, 3.05) is 26.2 Å². The molecule has 25 heavy (non-hydrogen) atoms. The summed E-state index contributed by atoms with van der Waals surface area (Å²) in [4.78, 5) is 19.2. The van der Waals surface area contributed by atoms with Crippen LogP contribution in [0.15, 0.2) is 35.7 Å². The van der Waals surface area contributed by atoms with Crippen molar-refractivity contribution in [3.8, 4) is 0 Å². The Morgan fingerprint density at radius 3 is 2.52 bits per heavy atom. The van der Waals surface area contributed by atoms with Crippen LogP contribution in [0, 0.1) is 11.8 Å². The van der Waals surface area contributed by atoms with E-state index in [-0.39, 0.29) is 30.7 Å². The molecule has 0 radical (unpaired) electrons. The number of aromatic nitrogens is 1. The number of halogens is 2. The molecule has 4 rings (SSSR count). The van der Waals surface area contributed by atoms with E-state index in [0.29, 0.717) is 18.3 Å². The Kier molecular flexibility index (Phi) is 7.25. The third-order valence-corrected chi connectivity index (χ3v) is 5.77. The highest BCUT2D eigenvalue weighted by Gasteiger charge is 2.37. The molecule has 1 aromatic carbocycles. The zero-order valence-electron chi connectivity index (χ0n) is 13.9. The summed E-state index contributed by atoms with van der Waals surface area (Å²) in [7, 11) is 0. The van der Waals surface area contributed by atoms with Gasteiger partial charge in [-0.2, -0.15) is 0 Å². The summed E-state index contributed by atoms with van der Waals surface area (Å²) >= 11 is 1.65. The van der Waals surface area contributed by atoms with Crippen LogP contribution in [-0.4, -0.2) is 42.0 Å². The summed E-state index contributed by atoms with van der Waals surface area (Å²) < 4.78 is 0. The average molecular weight is 400 g/mol. The van der Waals surface area contributed by atoms with E-state index in [9.17, 15) is 4.79 Å². The largest absolute Gasteiger partial charge is 0.342 e. The highest BCUT2D eigenvalue weighted by Crippen LogP contribution is 2.26. The lowest BCUT2D eigenvalue weighted by Gasteiger charge is -2.16. The van der Waals surface area contributed by atoms with Gasteiger partial charge >= 0.3 is 0 Å². The number of nitrogens with zero attached hydrogens (tertiary/aromatic N) is 2. The number of hydrogen-bond acceptors (Lipinski definition) is 4. The van der Waals surface area contributed by atoms with Gasteiger partial charge in [0.2, 0.25) is 5.91 Å². The van der Waals surface area contributed by atoms with Crippen molar-refractivity contribution >= 4 is 42.1 Å².